The van der Waals surface area contributed by atoms with Gasteiger partial charge >= 0.3 is 0 Å². The summed E-state index contributed by atoms with van der Waals surface area (Å²) in [6.45, 7) is 11.8. The fourth-order valence-corrected chi connectivity index (χ4v) is 3.51. The third-order valence-corrected chi connectivity index (χ3v) is 5.50. The van der Waals surface area contributed by atoms with E-state index in [0.717, 1.165) is 32.5 Å². The molecular weight excluding hydrogens is 338 g/mol. The van der Waals surface area contributed by atoms with Crippen molar-refractivity contribution < 1.29 is 9.59 Å². The number of amides is 2. The molecule has 27 heavy (non-hydrogen) atoms. The Morgan fingerprint density at radius 2 is 1.41 bits per heavy atom. The van der Waals surface area contributed by atoms with Crippen molar-refractivity contribution in [3.8, 4) is 0 Å². The zero-order chi connectivity index (χ0) is 19.6. The van der Waals surface area contributed by atoms with Crippen molar-refractivity contribution >= 4 is 11.8 Å². The molecule has 1 aromatic rings. The number of nitrogens with zero attached hydrogens (tertiary/aromatic N) is 3. The molecule has 2 rings (SSSR count). The number of piperazine rings is 1. The third-order valence-electron chi connectivity index (χ3n) is 5.50. The summed E-state index contributed by atoms with van der Waals surface area (Å²) in [5, 5.41) is 0. The summed E-state index contributed by atoms with van der Waals surface area (Å²) in [5.74, 6) is 0.436. The normalized spacial score (nSPS) is 14.7. The average molecular weight is 374 g/mol. The molecule has 0 bridgehead atoms. The zero-order valence-corrected chi connectivity index (χ0v) is 17.2. The average Bonchev–Trinajstić information content (AvgIpc) is 2.70. The minimum absolute atomic E-state index is 0.216. The van der Waals surface area contributed by atoms with E-state index in [9.17, 15) is 9.59 Å². The third kappa shape index (κ3) is 6.98. The number of hydrogen-bond donors (Lipinski definition) is 0. The number of carbonyl (C=O) groups excluding carboxylic acids is 2. The first-order valence-corrected chi connectivity index (χ1v) is 10.4. The Kier molecular flexibility index (Phi) is 8.79. The van der Waals surface area contributed by atoms with Crippen molar-refractivity contribution in [2.45, 2.75) is 46.5 Å². The zero-order valence-electron chi connectivity index (χ0n) is 17.2. The van der Waals surface area contributed by atoms with Crippen LogP contribution < -0.4 is 0 Å². The summed E-state index contributed by atoms with van der Waals surface area (Å²) in [5.41, 5.74) is 2.55. The van der Waals surface area contributed by atoms with Gasteiger partial charge < -0.3 is 14.7 Å². The highest BCUT2D eigenvalue weighted by molar-refractivity contribution is 5.78. The van der Waals surface area contributed by atoms with Gasteiger partial charge in [-0.2, -0.15) is 0 Å². The van der Waals surface area contributed by atoms with E-state index in [1.165, 1.54) is 11.1 Å². The number of benzene rings is 1. The van der Waals surface area contributed by atoms with Crippen LogP contribution in [0, 0.1) is 6.92 Å². The molecule has 0 radical (unpaired) electrons. The second-order valence-electron chi connectivity index (χ2n) is 7.38. The highest BCUT2D eigenvalue weighted by atomic mass is 16.2. The van der Waals surface area contributed by atoms with Crippen LogP contribution in [0.1, 0.15) is 44.2 Å². The number of aryl methyl sites for hydroxylation is 2. The Bertz CT molecular complexity index is 588. The van der Waals surface area contributed by atoms with Gasteiger partial charge in [-0.15, -0.1) is 0 Å². The Morgan fingerprint density at radius 1 is 0.889 bits per heavy atom. The van der Waals surface area contributed by atoms with Crippen LogP contribution in [0.3, 0.4) is 0 Å². The molecule has 0 N–H and O–H groups in total. The highest BCUT2D eigenvalue weighted by Gasteiger charge is 2.23. The minimum atomic E-state index is 0.216. The predicted molar refractivity (Wildman–Crippen MR) is 110 cm³/mol. The van der Waals surface area contributed by atoms with Gasteiger partial charge in [0.25, 0.3) is 0 Å². The first-order chi connectivity index (χ1) is 13.0. The van der Waals surface area contributed by atoms with E-state index in [2.05, 4.69) is 49.9 Å². The smallest absolute Gasteiger partial charge is 0.223 e. The van der Waals surface area contributed by atoms with Gasteiger partial charge in [0.15, 0.2) is 0 Å². The second kappa shape index (κ2) is 11.1. The second-order valence-corrected chi connectivity index (χ2v) is 7.38. The maximum absolute atomic E-state index is 12.4. The highest BCUT2D eigenvalue weighted by Crippen LogP contribution is 2.11. The monoisotopic (exact) mass is 373 g/mol. The Labute approximate surface area is 164 Å². The van der Waals surface area contributed by atoms with Gasteiger partial charge in [-0.25, -0.2) is 0 Å². The number of hydrogen-bond acceptors (Lipinski definition) is 3. The van der Waals surface area contributed by atoms with Crippen LogP contribution in [-0.2, 0) is 16.0 Å². The van der Waals surface area contributed by atoms with Gasteiger partial charge in [-0.1, -0.05) is 43.7 Å². The van der Waals surface area contributed by atoms with Gasteiger partial charge in [0.1, 0.15) is 0 Å². The van der Waals surface area contributed by atoms with E-state index >= 15 is 0 Å². The quantitative estimate of drug-likeness (QED) is 0.668. The van der Waals surface area contributed by atoms with E-state index < -0.39 is 0 Å². The molecule has 1 aliphatic heterocycles. The molecule has 0 saturated carbocycles. The molecule has 1 saturated heterocycles. The Balaban J connectivity index is 1.66. The van der Waals surface area contributed by atoms with Crippen LogP contribution >= 0.6 is 0 Å². The molecule has 0 atom stereocenters. The molecule has 0 aromatic heterocycles. The van der Waals surface area contributed by atoms with Crippen LogP contribution in [0.4, 0.5) is 0 Å². The van der Waals surface area contributed by atoms with Gasteiger partial charge in [-0.3, -0.25) is 9.59 Å². The predicted octanol–water partition coefficient (Wildman–Crippen LogP) is 2.72. The molecule has 1 fully saturated rings. The molecular formula is C22H35N3O2. The van der Waals surface area contributed by atoms with Gasteiger partial charge in [0.05, 0.1) is 0 Å². The summed E-state index contributed by atoms with van der Waals surface area (Å²) in [7, 11) is 0. The largest absolute Gasteiger partial charge is 0.339 e. The number of carbonyl (C=O) groups is 2. The lowest BCUT2D eigenvalue weighted by Gasteiger charge is -2.35. The fourth-order valence-electron chi connectivity index (χ4n) is 3.51. The summed E-state index contributed by atoms with van der Waals surface area (Å²) in [6, 6.07) is 8.52. The molecule has 1 heterocycles. The molecule has 5 heteroatoms. The SMILES string of the molecule is CCN(CC)CCC(=O)N1CCN(C(=O)CCCc2ccc(C)cc2)CC1. The lowest BCUT2D eigenvalue weighted by molar-refractivity contribution is -0.139. The maximum Gasteiger partial charge on any atom is 0.223 e. The van der Waals surface area contributed by atoms with Crippen LogP contribution in [-0.4, -0.2) is 72.3 Å². The van der Waals surface area contributed by atoms with Crippen LogP contribution in [0.5, 0.6) is 0 Å². The van der Waals surface area contributed by atoms with Gasteiger partial charge in [-0.05, 0) is 38.4 Å². The lowest BCUT2D eigenvalue weighted by Crippen LogP contribution is -2.51. The molecule has 1 aromatic carbocycles. The molecule has 5 nitrogen and oxygen atoms in total. The van der Waals surface area contributed by atoms with Crippen LogP contribution in [0.25, 0.3) is 0 Å². The topological polar surface area (TPSA) is 43.9 Å². The lowest BCUT2D eigenvalue weighted by atomic mass is 10.1. The fraction of sp³-hybridized carbons (Fsp3) is 0.636. The standard InChI is InChI=1S/C22H35N3O2/c1-4-23(5-2)14-13-22(27)25-17-15-24(16-18-25)21(26)8-6-7-20-11-9-19(3)10-12-20/h9-12H,4-8,13-18H2,1-3H3. The van der Waals surface area contributed by atoms with Crippen molar-refractivity contribution in [3.63, 3.8) is 0 Å². The molecule has 0 spiro atoms. The maximum atomic E-state index is 12.4. The summed E-state index contributed by atoms with van der Waals surface area (Å²) in [4.78, 5) is 30.9. The minimum Gasteiger partial charge on any atom is -0.339 e. The molecule has 2 amide bonds. The number of rotatable bonds is 9. The van der Waals surface area contributed by atoms with Crippen molar-refractivity contribution in [1.82, 2.24) is 14.7 Å². The Morgan fingerprint density at radius 3 is 1.93 bits per heavy atom. The van der Waals surface area contributed by atoms with E-state index in [1.807, 2.05) is 9.80 Å². The van der Waals surface area contributed by atoms with Crippen LogP contribution in [0.15, 0.2) is 24.3 Å². The van der Waals surface area contributed by atoms with Gasteiger partial charge in [0, 0.05) is 45.6 Å². The van der Waals surface area contributed by atoms with Crippen molar-refractivity contribution in [1.29, 1.82) is 0 Å². The van der Waals surface area contributed by atoms with Crippen molar-refractivity contribution in [2.24, 2.45) is 0 Å². The molecule has 0 aliphatic carbocycles. The van der Waals surface area contributed by atoms with Crippen LogP contribution in [0.2, 0.25) is 0 Å². The first-order valence-electron chi connectivity index (χ1n) is 10.4. The Hall–Kier alpha value is -1.88. The molecule has 0 unspecified atom stereocenters. The summed E-state index contributed by atoms with van der Waals surface area (Å²) < 4.78 is 0. The summed E-state index contributed by atoms with van der Waals surface area (Å²) >= 11 is 0. The van der Waals surface area contributed by atoms with Crippen molar-refractivity contribution in [2.75, 3.05) is 45.8 Å². The summed E-state index contributed by atoms with van der Waals surface area (Å²) in [6.07, 6.45) is 2.98. The van der Waals surface area contributed by atoms with E-state index in [0.29, 0.717) is 39.0 Å². The van der Waals surface area contributed by atoms with E-state index in [1.54, 1.807) is 0 Å². The molecule has 1 aliphatic rings. The van der Waals surface area contributed by atoms with E-state index in [-0.39, 0.29) is 11.8 Å². The van der Waals surface area contributed by atoms with Gasteiger partial charge in [0.2, 0.25) is 11.8 Å². The first kappa shape index (κ1) is 21.4. The molecule has 150 valence electrons. The van der Waals surface area contributed by atoms with E-state index in [4.69, 9.17) is 0 Å². The van der Waals surface area contributed by atoms with Crippen molar-refractivity contribution in [3.05, 3.63) is 35.4 Å².